The van der Waals surface area contributed by atoms with Gasteiger partial charge in [-0.1, -0.05) is 0 Å². The molecule has 8 heteroatoms. The summed E-state index contributed by atoms with van der Waals surface area (Å²) >= 11 is 0. The lowest BCUT2D eigenvalue weighted by molar-refractivity contribution is -0.0596. The molecule has 2 amide bonds. The van der Waals surface area contributed by atoms with Crippen LogP contribution in [0, 0.1) is 23.2 Å². The van der Waals surface area contributed by atoms with Crippen molar-refractivity contribution in [1.82, 2.24) is 19.5 Å². The van der Waals surface area contributed by atoms with E-state index in [0.29, 0.717) is 31.6 Å². The second-order valence-corrected chi connectivity index (χ2v) is 13.0. The van der Waals surface area contributed by atoms with E-state index in [2.05, 4.69) is 10.3 Å². The summed E-state index contributed by atoms with van der Waals surface area (Å²) in [5, 5.41) is 3.08. The third-order valence-corrected chi connectivity index (χ3v) is 9.60. The average Bonchev–Trinajstić information content (AvgIpc) is 2.75. The van der Waals surface area contributed by atoms with Crippen LogP contribution in [0.3, 0.4) is 0 Å². The fraction of sp³-hybridized carbons (Fsp3) is 0.760. The Labute approximate surface area is 199 Å². The molecular formula is C25H40N4O3S. The average molecular weight is 477 g/mol. The van der Waals surface area contributed by atoms with Crippen LogP contribution in [0.25, 0.3) is 0 Å². The van der Waals surface area contributed by atoms with Gasteiger partial charge in [0.05, 0.1) is 6.26 Å². The first-order chi connectivity index (χ1) is 15.7. The van der Waals surface area contributed by atoms with Crippen molar-refractivity contribution in [1.29, 1.82) is 0 Å². The number of hydrogen-bond acceptors (Lipinski definition) is 4. The number of urea groups is 1. The third-order valence-electron chi connectivity index (χ3n) is 8.28. The summed E-state index contributed by atoms with van der Waals surface area (Å²) in [5.74, 6) is 2.68. The number of carbonyl (C=O) groups is 1. The van der Waals surface area contributed by atoms with Crippen molar-refractivity contribution < 1.29 is 13.2 Å². The summed E-state index contributed by atoms with van der Waals surface area (Å²) < 4.78 is 25.0. The molecule has 0 atom stereocenters. The minimum absolute atomic E-state index is 0.0728. The van der Waals surface area contributed by atoms with E-state index in [1.807, 2.05) is 17.0 Å². The number of aromatic nitrogens is 1. The molecule has 0 aliphatic heterocycles. The van der Waals surface area contributed by atoms with Crippen LogP contribution in [0.15, 0.2) is 24.5 Å². The van der Waals surface area contributed by atoms with Gasteiger partial charge in [0.15, 0.2) is 0 Å². The Hall–Kier alpha value is -1.67. The van der Waals surface area contributed by atoms with Gasteiger partial charge in [0.25, 0.3) is 0 Å². The summed E-state index contributed by atoms with van der Waals surface area (Å²) in [6, 6.07) is 3.93. The van der Waals surface area contributed by atoms with E-state index in [1.54, 1.807) is 19.4 Å². The fourth-order valence-corrected chi connectivity index (χ4v) is 7.27. The summed E-state index contributed by atoms with van der Waals surface area (Å²) in [5.41, 5.74) is 1.62. The van der Waals surface area contributed by atoms with Crippen LogP contribution < -0.4 is 5.32 Å². The summed E-state index contributed by atoms with van der Waals surface area (Å²) in [6.45, 7) is 2.06. The standard InChI is InChI=1S/C25H40N4O3S/c1-28(33(2,31)32)12-13-29(24(30)27-8-3-4-20-5-9-26-10-6-20)11-7-25-17-21-14-22(18-25)16-23(15-21)19-25/h5-6,9-10,21-23H,3-4,7-8,11-19H2,1-2H3,(H,27,30). The number of rotatable bonds is 11. The highest BCUT2D eigenvalue weighted by Gasteiger charge is 2.50. The number of carbonyl (C=O) groups excluding carboxylic acids is 1. The minimum atomic E-state index is -3.26. The summed E-state index contributed by atoms with van der Waals surface area (Å²) in [7, 11) is -1.68. The van der Waals surface area contributed by atoms with Crippen molar-refractivity contribution in [3.63, 3.8) is 0 Å². The zero-order valence-corrected chi connectivity index (χ0v) is 21.0. The van der Waals surface area contributed by atoms with Crippen molar-refractivity contribution in [2.45, 2.75) is 57.8 Å². The van der Waals surface area contributed by atoms with Gasteiger partial charge in [-0.3, -0.25) is 4.98 Å². The van der Waals surface area contributed by atoms with Gasteiger partial charge < -0.3 is 10.2 Å². The largest absolute Gasteiger partial charge is 0.338 e. The Morgan fingerprint density at radius 3 is 2.24 bits per heavy atom. The first-order valence-electron chi connectivity index (χ1n) is 12.6. The molecule has 4 bridgehead atoms. The van der Waals surface area contributed by atoms with Gasteiger partial charge in [-0.15, -0.1) is 0 Å². The second-order valence-electron chi connectivity index (χ2n) is 10.9. The van der Waals surface area contributed by atoms with Crippen LogP contribution in [-0.2, 0) is 16.4 Å². The van der Waals surface area contributed by atoms with Crippen LogP contribution in [0.2, 0.25) is 0 Å². The topological polar surface area (TPSA) is 82.6 Å². The Balaban J connectivity index is 1.31. The number of likely N-dealkylation sites (N-methyl/N-ethyl adjacent to an activating group) is 1. The highest BCUT2D eigenvalue weighted by atomic mass is 32.2. The van der Waals surface area contributed by atoms with Crippen LogP contribution in [0.4, 0.5) is 4.79 Å². The SMILES string of the molecule is CN(CCN(CCC12CC3CC(CC(C3)C1)C2)C(=O)NCCCc1ccncc1)S(C)(=O)=O. The van der Waals surface area contributed by atoms with Crippen LogP contribution in [0.5, 0.6) is 0 Å². The number of aryl methyl sites for hydroxylation is 1. The van der Waals surface area contributed by atoms with E-state index in [4.69, 9.17) is 0 Å². The molecule has 0 radical (unpaired) electrons. The van der Waals surface area contributed by atoms with Gasteiger partial charge in [0.2, 0.25) is 10.0 Å². The van der Waals surface area contributed by atoms with Crippen molar-refractivity contribution in [2.75, 3.05) is 39.5 Å². The van der Waals surface area contributed by atoms with Gasteiger partial charge in [-0.25, -0.2) is 17.5 Å². The second kappa shape index (κ2) is 10.3. The molecule has 1 aromatic rings. The lowest BCUT2D eigenvalue weighted by Crippen LogP contribution is -2.49. The number of amides is 2. The van der Waals surface area contributed by atoms with Gasteiger partial charge in [-0.2, -0.15) is 0 Å². The van der Waals surface area contributed by atoms with E-state index < -0.39 is 10.0 Å². The number of pyridine rings is 1. The maximum Gasteiger partial charge on any atom is 0.317 e. The van der Waals surface area contributed by atoms with Gasteiger partial charge in [0.1, 0.15) is 0 Å². The van der Waals surface area contributed by atoms with Gasteiger partial charge in [0, 0.05) is 45.6 Å². The van der Waals surface area contributed by atoms with Crippen LogP contribution >= 0.6 is 0 Å². The quantitative estimate of drug-likeness (QED) is 0.496. The van der Waals surface area contributed by atoms with E-state index >= 15 is 0 Å². The molecule has 4 fully saturated rings. The molecule has 7 nitrogen and oxygen atoms in total. The van der Waals surface area contributed by atoms with Crippen LogP contribution in [-0.4, -0.2) is 68.1 Å². The number of sulfonamides is 1. The minimum Gasteiger partial charge on any atom is -0.338 e. The molecule has 184 valence electrons. The lowest BCUT2D eigenvalue weighted by Gasteiger charge is -2.57. The normalized spacial score (nSPS) is 28.3. The predicted molar refractivity (Wildman–Crippen MR) is 130 cm³/mol. The first-order valence-corrected chi connectivity index (χ1v) is 14.4. The van der Waals surface area contributed by atoms with Crippen molar-refractivity contribution >= 4 is 16.1 Å². The van der Waals surface area contributed by atoms with Crippen molar-refractivity contribution in [3.8, 4) is 0 Å². The molecule has 33 heavy (non-hydrogen) atoms. The number of nitrogens with one attached hydrogen (secondary N) is 1. The molecule has 0 saturated heterocycles. The van der Waals surface area contributed by atoms with Crippen molar-refractivity contribution in [3.05, 3.63) is 30.1 Å². The predicted octanol–water partition coefficient (Wildman–Crippen LogP) is 3.52. The smallest absolute Gasteiger partial charge is 0.317 e. The molecule has 1 aromatic heterocycles. The molecule has 4 saturated carbocycles. The fourth-order valence-electron chi connectivity index (χ4n) is 6.86. The van der Waals surface area contributed by atoms with E-state index in [-0.39, 0.29) is 6.03 Å². The van der Waals surface area contributed by atoms with E-state index in [1.165, 1.54) is 54.6 Å². The maximum atomic E-state index is 13.1. The molecule has 0 spiro atoms. The van der Waals surface area contributed by atoms with E-state index in [0.717, 1.165) is 37.0 Å². The molecule has 1 N–H and O–H groups in total. The van der Waals surface area contributed by atoms with Gasteiger partial charge >= 0.3 is 6.03 Å². The first kappa shape index (κ1) is 24.5. The Morgan fingerprint density at radius 2 is 1.67 bits per heavy atom. The molecule has 0 aromatic carbocycles. The summed E-state index contributed by atoms with van der Waals surface area (Å²) in [6.07, 6.45) is 15.8. The Bertz CT molecular complexity index is 870. The molecule has 1 heterocycles. The summed E-state index contributed by atoms with van der Waals surface area (Å²) in [4.78, 5) is 19.0. The lowest BCUT2D eigenvalue weighted by atomic mass is 9.49. The van der Waals surface area contributed by atoms with E-state index in [9.17, 15) is 13.2 Å². The highest BCUT2D eigenvalue weighted by Crippen LogP contribution is 2.61. The monoisotopic (exact) mass is 476 g/mol. The number of nitrogens with zero attached hydrogens (tertiary/aromatic N) is 3. The molecular weight excluding hydrogens is 436 g/mol. The third kappa shape index (κ3) is 6.47. The molecule has 0 unspecified atom stereocenters. The van der Waals surface area contributed by atoms with Crippen molar-refractivity contribution in [2.24, 2.45) is 23.2 Å². The molecule has 4 aliphatic carbocycles. The van der Waals surface area contributed by atoms with Gasteiger partial charge in [-0.05, 0) is 98.7 Å². The number of hydrogen-bond donors (Lipinski definition) is 1. The maximum absolute atomic E-state index is 13.1. The zero-order chi connectivity index (χ0) is 23.5. The molecule has 4 aliphatic rings. The Morgan fingerprint density at radius 1 is 1.06 bits per heavy atom. The Kier molecular flexibility index (Phi) is 7.63. The molecule has 5 rings (SSSR count). The highest BCUT2D eigenvalue weighted by molar-refractivity contribution is 7.88. The van der Waals surface area contributed by atoms with Crippen LogP contribution in [0.1, 0.15) is 56.9 Å². The zero-order valence-electron chi connectivity index (χ0n) is 20.2.